The fourth-order valence-electron chi connectivity index (χ4n) is 0.928. The van der Waals surface area contributed by atoms with Gasteiger partial charge in [-0.05, 0) is 25.4 Å². The smallest absolute Gasteiger partial charge is 0.180 e. The quantitative estimate of drug-likeness (QED) is 0.727. The average Bonchev–Trinajstić information content (AvgIpc) is 2.78. The first-order valence-corrected chi connectivity index (χ1v) is 5.27. The monoisotopic (exact) mass is 211 g/mol. The van der Waals surface area contributed by atoms with Gasteiger partial charge in [-0.1, -0.05) is 23.5 Å². The van der Waals surface area contributed by atoms with E-state index in [0.717, 1.165) is 22.0 Å². The lowest BCUT2D eigenvalue weighted by Gasteiger charge is -1.85. The lowest BCUT2D eigenvalue weighted by molar-refractivity contribution is 0.427. The van der Waals surface area contributed by atoms with Crippen molar-refractivity contribution in [1.29, 1.82) is 0 Å². The summed E-state index contributed by atoms with van der Waals surface area (Å²) in [6.45, 7) is 7.79. The molecule has 2 aromatic heterocycles. The molecule has 0 bridgehead atoms. The summed E-state index contributed by atoms with van der Waals surface area (Å²) in [5.41, 5.74) is 1.76. The minimum absolute atomic E-state index is 0.750. The first-order valence-electron chi connectivity index (χ1n) is 4.50. The molecule has 5 heteroatoms. The van der Waals surface area contributed by atoms with Crippen LogP contribution in [0.4, 0.5) is 0 Å². The Labute approximate surface area is 87.1 Å². The van der Waals surface area contributed by atoms with Gasteiger partial charge in [-0.25, -0.2) is 0 Å². The number of hydrogen-bond donors (Lipinski definition) is 0. The highest BCUT2D eigenvalue weighted by atomic mass is 32.1. The number of aromatic nitrogens is 3. The van der Waals surface area contributed by atoms with Gasteiger partial charge in [0.25, 0.3) is 0 Å². The second-order valence-corrected chi connectivity index (χ2v) is 3.27. The van der Waals surface area contributed by atoms with Crippen molar-refractivity contribution in [2.75, 3.05) is 0 Å². The summed E-state index contributed by atoms with van der Waals surface area (Å²) < 4.78 is 8.88. The van der Waals surface area contributed by atoms with E-state index in [1.54, 1.807) is 0 Å². The second-order valence-electron chi connectivity index (χ2n) is 2.52. The van der Waals surface area contributed by atoms with E-state index in [1.807, 2.05) is 33.8 Å². The highest BCUT2D eigenvalue weighted by molar-refractivity contribution is 7.09. The summed E-state index contributed by atoms with van der Waals surface area (Å²) in [6.07, 6.45) is 0. The van der Waals surface area contributed by atoms with Gasteiger partial charge in [0.1, 0.15) is 4.88 Å². The van der Waals surface area contributed by atoms with Crippen LogP contribution in [0.5, 0.6) is 0 Å². The summed E-state index contributed by atoms with van der Waals surface area (Å²) >= 11 is 1.32. The van der Waals surface area contributed by atoms with E-state index >= 15 is 0 Å². The van der Waals surface area contributed by atoms with Gasteiger partial charge in [-0.2, -0.15) is 0 Å². The molecule has 2 rings (SSSR count). The number of rotatable bonds is 1. The van der Waals surface area contributed by atoms with Crippen molar-refractivity contribution < 1.29 is 4.52 Å². The van der Waals surface area contributed by atoms with Crippen LogP contribution in [0.1, 0.15) is 25.2 Å². The minimum Gasteiger partial charge on any atom is -0.355 e. The molecule has 76 valence electrons. The maximum atomic E-state index is 5.07. The fraction of sp³-hybridized carbons (Fsp3) is 0.444. The standard InChI is InChI=1S/C7H7N3OS.C2H6/c1-4-3-6(11-9-4)7-5(2)8-10-12-7;1-2/h3H,1-2H3;1-2H3. The zero-order valence-electron chi connectivity index (χ0n) is 8.74. The van der Waals surface area contributed by atoms with E-state index in [9.17, 15) is 0 Å². The van der Waals surface area contributed by atoms with Crippen molar-refractivity contribution in [2.24, 2.45) is 0 Å². The zero-order chi connectivity index (χ0) is 10.6. The van der Waals surface area contributed by atoms with E-state index in [1.165, 1.54) is 11.5 Å². The third-order valence-electron chi connectivity index (χ3n) is 1.50. The lowest BCUT2D eigenvalue weighted by Crippen LogP contribution is -1.73. The molecule has 4 nitrogen and oxygen atoms in total. The van der Waals surface area contributed by atoms with Gasteiger partial charge in [0.2, 0.25) is 0 Å². The SMILES string of the molecule is CC.Cc1cc(-c2snnc2C)on1. The summed E-state index contributed by atoms with van der Waals surface area (Å²) in [5.74, 6) is 0.750. The van der Waals surface area contributed by atoms with E-state index < -0.39 is 0 Å². The van der Waals surface area contributed by atoms with Crippen LogP contribution in [0.25, 0.3) is 10.6 Å². The largest absolute Gasteiger partial charge is 0.355 e. The Balaban J connectivity index is 0.000000461. The van der Waals surface area contributed by atoms with Gasteiger partial charge < -0.3 is 4.52 Å². The number of hydrogen-bond acceptors (Lipinski definition) is 5. The molecule has 0 atom stereocenters. The maximum absolute atomic E-state index is 5.07. The molecule has 0 saturated carbocycles. The van der Waals surface area contributed by atoms with Crippen LogP contribution in [-0.2, 0) is 0 Å². The molecule has 0 saturated heterocycles. The summed E-state index contributed by atoms with van der Waals surface area (Å²) in [4.78, 5) is 0.954. The van der Waals surface area contributed by atoms with E-state index in [-0.39, 0.29) is 0 Å². The molecule has 2 aromatic rings. The Bertz CT molecular complexity index is 394. The zero-order valence-corrected chi connectivity index (χ0v) is 9.55. The van der Waals surface area contributed by atoms with Crippen molar-refractivity contribution in [3.63, 3.8) is 0 Å². The minimum atomic E-state index is 0.750. The third-order valence-corrected chi connectivity index (χ3v) is 2.35. The molecular formula is C9H13N3OS. The van der Waals surface area contributed by atoms with E-state index in [4.69, 9.17) is 4.52 Å². The van der Waals surface area contributed by atoms with Gasteiger partial charge in [0.05, 0.1) is 11.4 Å². The third kappa shape index (κ3) is 2.17. The predicted molar refractivity (Wildman–Crippen MR) is 56.2 cm³/mol. The van der Waals surface area contributed by atoms with Crippen LogP contribution < -0.4 is 0 Å². The first-order chi connectivity index (χ1) is 6.77. The number of nitrogens with zero attached hydrogens (tertiary/aromatic N) is 3. The molecule has 0 aliphatic carbocycles. The van der Waals surface area contributed by atoms with Crippen molar-refractivity contribution in [3.8, 4) is 10.6 Å². The van der Waals surface area contributed by atoms with Crippen molar-refractivity contribution in [3.05, 3.63) is 17.5 Å². The average molecular weight is 211 g/mol. The Morgan fingerprint density at radius 3 is 2.43 bits per heavy atom. The molecule has 0 amide bonds. The maximum Gasteiger partial charge on any atom is 0.180 e. The molecule has 0 unspecified atom stereocenters. The summed E-state index contributed by atoms with van der Waals surface area (Å²) in [7, 11) is 0. The van der Waals surface area contributed by atoms with Gasteiger partial charge in [-0.15, -0.1) is 5.10 Å². The normalized spacial score (nSPS) is 9.43. The van der Waals surface area contributed by atoms with Gasteiger partial charge >= 0.3 is 0 Å². The molecule has 2 heterocycles. The highest BCUT2D eigenvalue weighted by Crippen LogP contribution is 2.25. The second kappa shape index (κ2) is 4.85. The molecule has 0 fully saturated rings. The van der Waals surface area contributed by atoms with Crippen molar-refractivity contribution in [1.82, 2.24) is 14.7 Å². The van der Waals surface area contributed by atoms with Crippen LogP contribution in [0.2, 0.25) is 0 Å². The van der Waals surface area contributed by atoms with Crippen molar-refractivity contribution >= 4 is 11.5 Å². The molecule has 0 radical (unpaired) electrons. The molecule has 0 N–H and O–H groups in total. The molecule has 0 aliphatic rings. The van der Waals surface area contributed by atoms with Gasteiger partial charge in [0.15, 0.2) is 5.76 Å². The molecule has 14 heavy (non-hydrogen) atoms. The molecular weight excluding hydrogens is 198 g/mol. The summed E-state index contributed by atoms with van der Waals surface area (Å²) in [5, 5.41) is 7.67. The Morgan fingerprint density at radius 2 is 2.00 bits per heavy atom. The molecule has 0 spiro atoms. The topological polar surface area (TPSA) is 51.8 Å². The Morgan fingerprint density at radius 1 is 1.29 bits per heavy atom. The first kappa shape index (κ1) is 10.8. The lowest BCUT2D eigenvalue weighted by atomic mass is 10.3. The number of aryl methyl sites for hydroxylation is 2. The van der Waals surface area contributed by atoms with E-state index in [2.05, 4.69) is 14.7 Å². The van der Waals surface area contributed by atoms with Gasteiger partial charge in [0, 0.05) is 6.07 Å². The molecule has 0 aliphatic heterocycles. The molecule has 0 aromatic carbocycles. The fourth-order valence-corrected chi connectivity index (χ4v) is 1.53. The van der Waals surface area contributed by atoms with Crippen molar-refractivity contribution in [2.45, 2.75) is 27.7 Å². The van der Waals surface area contributed by atoms with Crippen LogP contribution in [0, 0.1) is 13.8 Å². The predicted octanol–water partition coefficient (Wildman–Crippen LogP) is 2.84. The van der Waals surface area contributed by atoms with Crippen LogP contribution in [0.3, 0.4) is 0 Å². The van der Waals surface area contributed by atoms with E-state index in [0.29, 0.717) is 0 Å². The van der Waals surface area contributed by atoms with Crippen LogP contribution >= 0.6 is 11.5 Å². The van der Waals surface area contributed by atoms with Crippen LogP contribution in [0.15, 0.2) is 10.6 Å². The Hall–Kier alpha value is -1.23. The van der Waals surface area contributed by atoms with Gasteiger partial charge in [-0.3, -0.25) is 0 Å². The highest BCUT2D eigenvalue weighted by Gasteiger charge is 2.10. The summed E-state index contributed by atoms with van der Waals surface area (Å²) in [6, 6.07) is 1.88. The Kier molecular flexibility index (Phi) is 3.76. The van der Waals surface area contributed by atoms with Crippen LogP contribution in [-0.4, -0.2) is 14.7 Å².